The van der Waals surface area contributed by atoms with E-state index in [2.05, 4.69) is 43.1 Å². The van der Waals surface area contributed by atoms with Gasteiger partial charge in [0.05, 0.1) is 11.9 Å². The molecule has 0 amide bonds. The van der Waals surface area contributed by atoms with Crippen LogP contribution in [0.1, 0.15) is 31.0 Å². The lowest BCUT2D eigenvalue weighted by molar-refractivity contribution is 0.149. The van der Waals surface area contributed by atoms with Gasteiger partial charge < -0.3 is 15.0 Å². The highest BCUT2D eigenvalue weighted by atomic mass is 19.1. The van der Waals surface area contributed by atoms with Gasteiger partial charge in [0, 0.05) is 30.1 Å². The van der Waals surface area contributed by atoms with E-state index >= 15 is 4.39 Å². The molecule has 36 heavy (non-hydrogen) atoms. The van der Waals surface area contributed by atoms with Crippen molar-refractivity contribution in [2.45, 2.75) is 32.2 Å². The van der Waals surface area contributed by atoms with E-state index in [0.29, 0.717) is 34.9 Å². The number of imidazole rings is 1. The summed E-state index contributed by atoms with van der Waals surface area (Å²) in [6.07, 6.45) is 7.26. The molecule has 1 saturated heterocycles. The third-order valence-electron chi connectivity index (χ3n) is 7.73. The topological polar surface area (TPSA) is 84.1 Å². The van der Waals surface area contributed by atoms with Gasteiger partial charge in [0.15, 0.2) is 11.6 Å². The summed E-state index contributed by atoms with van der Waals surface area (Å²) < 4.78 is 15.6. The highest BCUT2D eigenvalue weighted by Gasteiger charge is 2.27. The zero-order valence-electron chi connectivity index (χ0n) is 20.7. The smallest absolute Gasteiger partial charge is 0.159 e. The van der Waals surface area contributed by atoms with Crippen molar-refractivity contribution < 1.29 is 9.50 Å². The normalized spacial score (nSPS) is 17.8. The fourth-order valence-corrected chi connectivity index (χ4v) is 5.59. The van der Waals surface area contributed by atoms with Gasteiger partial charge in [0.25, 0.3) is 0 Å². The van der Waals surface area contributed by atoms with Gasteiger partial charge >= 0.3 is 0 Å². The van der Waals surface area contributed by atoms with Gasteiger partial charge in [-0.3, -0.25) is 10.00 Å². The Kier molecular flexibility index (Phi) is 5.85. The molecule has 2 aliphatic heterocycles. The zero-order valence-corrected chi connectivity index (χ0v) is 20.7. The van der Waals surface area contributed by atoms with Crippen molar-refractivity contribution >= 4 is 16.5 Å². The number of halogens is 1. The highest BCUT2D eigenvalue weighted by molar-refractivity contribution is 5.95. The van der Waals surface area contributed by atoms with Crippen molar-refractivity contribution in [2.75, 3.05) is 33.2 Å². The number of benzene rings is 2. The Morgan fingerprint density at radius 3 is 2.75 bits per heavy atom. The number of likely N-dealkylation sites (tertiary alicyclic amines) is 1. The number of aromatic nitrogens is 4. The SMILES string of the molecule is CCc1cc(O)ccc1-c1ccc2c(-c3ncc(C4=CCN(C5CCN(C)CC5)C4)[nH]3)[nH]nc2c1F. The molecule has 4 heterocycles. The minimum atomic E-state index is -0.380. The molecule has 2 aromatic heterocycles. The van der Waals surface area contributed by atoms with Crippen molar-refractivity contribution in [1.29, 1.82) is 0 Å². The number of nitrogens with zero attached hydrogens (tertiary/aromatic N) is 4. The molecule has 0 bridgehead atoms. The molecule has 186 valence electrons. The molecule has 0 saturated carbocycles. The summed E-state index contributed by atoms with van der Waals surface area (Å²) in [7, 11) is 2.19. The van der Waals surface area contributed by atoms with Crippen LogP contribution in [-0.2, 0) is 6.42 Å². The number of phenols is 1. The number of H-pyrrole nitrogens is 2. The molecule has 4 aromatic rings. The van der Waals surface area contributed by atoms with Crippen LogP contribution >= 0.6 is 0 Å². The number of rotatable bonds is 5. The molecule has 0 atom stereocenters. The molecule has 0 unspecified atom stereocenters. The Hall–Kier alpha value is -3.49. The Morgan fingerprint density at radius 1 is 1.14 bits per heavy atom. The molecule has 2 aromatic carbocycles. The maximum Gasteiger partial charge on any atom is 0.159 e. The number of aromatic amines is 2. The van der Waals surface area contributed by atoms with E-state index in [1.165, 1.54) is 18.4 Å². The maximum atomic E-state index is 15.6. The molecule has 7 nitrogen and oxygen atoms in total. The number of nitrogens with one attached hydrogen (secondary N) is 2. The molecule has 0 radical (unpaired) electrons. The van der Waals surface area contributed by atoms with Gasteiger partial charge in [-0.1, -0.05) is 25.1 Å². The third-order valence-corrected chi connectivity index (χ3v) is 7.73. The van der Waals surface area contributed by atoms with E-state index in [0.717, 1.165) is 43.0 Å². The molecule has 0 aliphatic carbocycles. The Bertz CT molecular complexity index is 1450. The summed E-state index contributed by atoms with van der Waals surface area (Å²) in [5, 5.41) is 17.8. The van der Waals surface area contributed by atoms with Gasteiger partial charge in [-0.15, -0.1) is 0 Å². The first-order valence-electron chi connectivity index (χ1n) is 12.7. The van der Waals surface area contributed by atoms with E-state index < -0.39 is 0 Å². The second-order valence-electron chi connectivity index (χ2n) is 9.96. The predicted octanol–water partition coefficient (Wildman–Crippen LogP) is 4.82. The van der Waals surface area contributed by atoms with E-state index in [1.807, 2.05) is 19.2 Å². The minimum absolute atomic E-state index is 0.180. The van der Waals surface area contributed by atoms with Gasteiger partial charge in [0.1, 0.15) is 17.0 Å². The van der Waals surface area contributed by atoms with Gasteiger partial charge in [-0.25, -0.2) is 9.37 Å². The average molecular weight is 487 g/mol. The number of piperidine rings is 1. The average Bonchev–Trinajstić information content (AvgIpc) is 3.64. The van der Waals surface area contributed by atoms with Gasteiger partial charge in [0.2, 0.25) is 0 Å². The first-order valence-corrected chi connectivity index (χ1v) is 12.7. The molecular formula is C28H31FN6O. The molecular weight excluding hydrogens is 455 g/mol. The maximum absolute atomic E-state index is 15.6. The Morgan fingerprint density at radius 2 is 1.94 bits per heavy atom. The molecule has 2 aliphatic rings. The highest BCUT2D eigenvalue weighted by Crippen LogP contribution is 2.35. The molecule has 1 fully saturated rings. The van der Waals surface area contributed by atoms with Crippen LogP contribution in [0.5, 0.6) is 5.75 Å². The number of aromatic hydroxyl groups is 1. The van der Waals surface area contributed by atoms with Crippen LogP contribution in [0, 0.1) is 5.82 Å². The summed E-state index contributed by atoms with van der Waals surface area (Å²) >= 11 is 0. The second-order valence-corrected chi connectivity index (χ2v) is 9.96. The summed E-state index contributed by atoms with van der Waals surface area (Å²) in [4.78, 5) is 13.0. The number of aryl methyl sites for hydroxylation is 1. The van der Waals surface area contributed by atoms with Crippen LogP contribution in [0.2, 0.25) is 0 Å². The minimum Gasteiger partial charge on any atom is -0.508 e. The quantitative estimate of drug-likeness (QED) is 0.377. The fraction of sp³-hybridized carbons (Fsp3) is 0.357. The molecule has 3 N–H and O–H groups in total. The Labute approximate surface area is 209 Å². The lowest BCUT2D eigenvalue weighted by Crippen LogP contribution is -2.42. The third kappa shape index (κ3) is 4.00. The number of fused-ring (bicyclic) bond motifs is 1. The number of hydrogen-bond donors (Lipinski definition) is 3. The van der Waals surface area contributed by atoms with E-state index in [-0.39, 0.29) is 17.1 Å². The predicted molar refractivity (Wildman–Crippen MR) is 140 cm³/mol. The van der Waals surface area contributed by atoms with Crippen LogP contribution in [0.25, 0.3) is 39.1 Å². The summed E-state index contributed by atoms with van der Waals surface area (Å²) in [6.45, 7) is 6.19. The second kappa shape index (κ2) is 9.19. The van der Waals surface area contributed by atoms with Crippen LogP contribution in [0.3, 0.4) is 0 Å². The largest absolute Gasteiger partial charge is 0.508 e. The van der Waals surface area contributed by atoms with E-state index in [1.54, 1.807) is 24.3 Å². The van der Waals surface area contributed by atoms with Crippen molar-refractivity contribution in [3.8, 4) is 28.4 Å². The summed E-state index contributed by atoms with van der Waals surface area (Å²) in [6, 6.07) is 9.33. The van der Waals surface area contributed by atoms with Crippen LogP contribution in [0.15, 0.2) is 42.6 Å². The summed E-state index contributed by atoms with van der Waals surface area (Å²) in [5.41, 5.74) is 5.34. The van der Waals surface area contributed by atoms with Crippen LogP contribution < -0.4 is 0 Å². The zero-order chi connectivity index (χ0) is 24.8. The molecule has 0 spiro atoms. The summed E-state index contributed by atoms with van der Waals surface area (Å²) in [5.74, 6) is 0.450. The molecule has 8 heteroatoms. The van der Waals surface area contributed by atoms with Crippen molar-refractivity contribution in [3.63, 3.8) is 0 Å². The van der Waals surface area contributed by atoms with Gasteiger partial charge in [-0.2, -0.15) is 5.10 Å². The van der Waals surface area contributed by atoms with Crippen LogP contribution in [-0.4, -0.2) is 74.3 Å². The van der Waals surface area contributed by atoms with Crippen LogP contribution in [0.4, 0.5) is 4.39 Å². The Balaban J connectivity index is 1.26. The first-order chi connectivity index (χ1) is 17.5. The number of phenolic OH excluding ortho intramolecular Hbond substituents is 1. The van der Waals surface area contributed by atoms with Crippen molar-refractivity contribution in [3.05, 3.63) is 59.7 Å². The lowest BCUT2D eigenvalue weighted by atomic mass is 9.96. The van der Waals surface area contributed by atoms with E-state index in [9.17, 15) is 5.11 Å². The van der Waals surface area contributed by atoms with Gasteiger partial charge in [-0.05, 0) is 74.3 Å². The standard InChI is InChI=1S/C28H31FN6O/c1-3-17-14-20(36)4-5-21(17)22-6-7-23-26(25(22)29)32-33-27(23)28-30-15-24(31-28)18-8-13-35(16-18)19-9-11-34(2)12-10-19/h4-8,14-15,19,36H,3,9-13,16H2,1-2H3,(H,30,31)(H,32,33). The first kappa shape index (κ1) is 22.9. The number of hydrogen-bond acceptors (Lipinski definition) is 5. The fourth-order valence-electron chi connectivity index (χ4n) is 5.59. The monoisotopic (exact) mass is 486 g/mol. The lowest BCUT2D eigenvalue weighted by Gasteiger charge is -2.35. The molecule has 6 rings (SSSR count). The van der Waals surface area contributed by atoms with E-state index in [4.69, 9.17) is 0 Å². The van der Waals surface area contributed by atoms with Crippen molar-refractivity contribution in [2.24, 2.45) is 0 Å². The van der Waals surface area contributed by atoms with Crippen molar-refractivity contribution in [1.82, 2.24) is 30.0 Å².